The molecule has 1 saturated heterocycles. The number of hydrogen-bond acceptors (Lipinski definition) is 7. The minimum Gasteiger partial charge on any atom is -0.465 e. The zero-order valence-corrected chi connectivity index (χ0v) is 29.9. The van der Waals surface area contributed by atoms with Crippen molar-refractivity contribution in [3.8, 4) is 6.07 Å². The van der Waals surface area contributed by atoms with Crippen LogP contribution in [0.25, 0.3) is 10.9 Å². The smallest absolute Gasteiger partial charge is 0.407 e. The van der Waals surface area contributed by atoms with E-state index in [1.165, 1.54) is 7.05 Å². The predicted molar refractivity (Wildman–Crippen MR) is 192 cm³/mol. The summed E-state index contributed by atoms with van der Waals surface area (Å²) in [5, 5.41) is 23.8. The number of carboxylic acid groups (broad SMARTS) is 1. The number of nitrogens with zero attached hydrogens (tertiary/aromatic N) is 5. The lowest BCUT2D eigenvalue weighted by Gasteiger charge is -2.37. The molecule has 2 fully saturated rings. The van der Waals surface area contributed by atoms with E-state index in [0.717, 1.165) is 39.8 Å². The lowest BCUT2D eigenvalue weighted by atomic mass is 9.87. The molecular weight excluding hydrogens is 648 g/mol. The molecule has 0 spiro atoms. The number of ether oxygens (including phenoxy) is 1. The summed E-state index contributed by atoms with van der Waals surface area (Å²) in [6.45, 7) is 8.44. The van der Waals surface area contributed by atoms with E-state index in [9.17, 15) is 24.8 Å². The number of carbonyl (C=O) groups excluding carboxylic acids is 3. The fourth-order valence-corrected chi connectivity index (χ4v) is 7.34. The summed E-state index contributed by atoms with van der Waals surface area (Å²) >= 11 is 0. The van der Waals surface area contributed by atoms with Crippen LogP contribution in [0, 0.1) is 22.7 Å². The quantitative estimate of drug-likeness (QED) is 0.310. The van der Waals surface area contributed by atoms with E-state index < -0.39 is 47.4 Å². The maximum Gasteiger partial charge on any atom is 0.407 e. The Labute approximate surface area is 298 Å². The average Bonchev–Trinajstić information content (AvgIpc) is 3.97. The Morgan fingerprint density at radius 2 is 1.80 bits per heavy atom. The van der Waals surface area contributed by atoms with Crippen molar-refractivity contribution >= 4 is 46.1 Å². The van der Waals surface area contributed by atoms with E-state index in [2.05, 4.69) is 11.4 Å². The molecule has 6 rings (SSSR count). The van der Waals surface area contributed by atoms with Gasteiger partial charge < -0.3 is 25.0 Å². The predicted octanol–water partition coefficient (Wildman–Crippen LogP) is 5.58. The minimum absolute atomic E-state index is 0.130. The Bertz CT molecular complexity index is 1890. The van der Waals surface area contributed by atoms with Gasteiger partial charge in [0.05, 0.1) is 41.1 Å². The third-order valence-corrected chi connectivity index (χ3v) is 10.3. The van der Waals surface area contributed by atoms with Crippen LogP contribution in [0.2, 0.25) is 0 Å². The van der Waals surface area contributed by atoms with Gasteiger partial charge in [0, 0.05) is 37.8 Å². The summed E-state index contributed by atoms with van der Waals surface area (Å²) in [6, 6.07) is 11.7. The van der Waals surface area contributed by atoms with Gasteiger partial charge in [0.2, 0.25) is 11.8 Å². The molecule has 3 aromatic rings. The highest BCUT2D eigenvalue weighted by molar-refractivity contribution is 6.10. The first-order valence-corrected chi connectivity index (χ1v) is 17.7. The second-order valence-corrected chi connectivity index (χ2v) is 15.2. The number of carbonyl (C=O) groups is 4. The van der Waals surface area contributed by atoms with Gasteiger partial charge in [-0.3, -0.25) is 24.3 Å². The standard InChI is InChI=1S/C39H46N6O6/c1-23-34(42-35(46)33(19-39(2,3)4)43(5)38(49)50)37(48)44(22-29-27-8-6-7-9-30(27)41-21-28(29)25-11-12-25)31-13-10-24(20-40)18-32(31)45(23)36(47)26-14-16-51-17-15-26/h6-10,13,18,21,23,25-26,33-34H,11-12,14-17,19,22H2,1-5H3,(H,42,46)(H,49,50)/t23-,33-,34-/m0/s1. The summed E-state index contributed by atoms with van der Waals surface area (Å²) in [4.78, 5) is 65.0. The number of nitriles is 1. The average molecular weight is 695 g/mol. The SMILES string of the molecule is C[C@H]1[C@H](NC(=O)[C@H](CC(C)(C)C)N(C)C(=O)O)C(=O)N(Cc2c(C3CC3)cnc3ccccc23)c2ccc(C#N)cc2N1C(=O)C1CCOCC1. The highest BCUT2D eigenvalue weighted by atomic mass is 16.5. The molecule has 4 amide bonds. The normalized spacial score (nSPS) is 20.3. The van der Waals surface area contributed by atoms with Gasteiger partial charge in [-0.2, -0.15) is 5.26 Å². The Morgan fingerprint density at radius 3 is 2.45 bits per heavy atom. The number of fused-ring (bicyclic) bond motifs is 2. The third kappa shape index (κ3) is 7.40. The first kappa shape index (κ1) is 35.8. The molecule has 3 heterocycles. The monoisotopic (exact) mass is 694 g/mol. The summed E-state index contributed by atoms with van der Waals surface area (Å²) in [5.74, 6) is -1.38. The number of rotatable bonds is 8. The Kier molecular flexibility index (Phi) is 10.0. The Balaban J connectivity index is 1.51. The molecule has 12 nitrogen and oxygen atoms in total. The minimum atomic E-state index is -1.27. The fourth-order valence-electron chi connectivity index (χ4n) is 7.34. The van der Waals surface area contributed by atoms with Crippen molar-refractivity contribution in [1.82, 2.24) is 15.2 Å². The first-order valence-electron chi connectivity index (χ1n) is 17.7. The largest absolute Gasteiger partial charge is 0.465 e. The van der Waals surface area contributed by atoms with Crippen LogP contribution in [0.4, 0.5) is 16.2 Å². The van der Waals surface area contributed by atoms with Crippen molar-refractivity contribution in [2.24, 2.45) is 11.3 Å². The maximum absolute atomic E-state index is 15.1. The zero-order chi connectivity index (χ0) is 36.6. The van der Waals surface area contributed by atoms with Crippen LogP contribution in [0.15, 0.2) is 48.7 Å². The van der Waals surface area contributed by atoms with Gasteiger partial charge in [0.1, 0.15) is 12.1 Å². The summed E-state index contributed by atoms with van der Waals surface area (Å²) in [6.07, 6.45) is 3.83. The highest BCUT2D eigenvalue weighted by Gasteiger charge is 2.45. The van der Waals surface area contributed by atoms with Gasteiger partial charge in [-0.25, -0.2) is 4.79 Å². The number of nitrogens with one attached hydrogen (secondary N) is 1. The van der Waals surface area contributed by atoms with Crippen molar-refractivity contribution in [2.45, 2.75) is 90.4 Å². The second kappa shape index (κ2) is 14.3. The lowest BCUT2D eigenvalue weighted by molar-refractivity contribution is -0.132. The molecule has 3 aliphatic rings. The molecule has 3 atom stereocenters. The van der Waals surface area contributed by atoms with Crippen LogP contribution < -0.4 is 15.1 Å². The van der Waals surface area contributed by atoms with Crippen LogP contribution in [0.5, 0.6) is 0 Å². The third-order valence-electron chi connectivity index (χ3n) is 10.3. The molecule has 0 unspecified atom stereocenters. The van der Waals surface area contributed by atoms with E-state index in [-0.39, 0.29) is 18.9 Å². The molecule has 1 aliphatic carbocycles. The molecule has 2 aromatic carbocycles. The van der Waals surface area contributed by atoms with Gasteiger partial charge in [-0.05, 0) is 85.8 Å². The topological polar surface area (TPSA) is 156 Å². The molecule has 0 bridgehead atoms. The van der Waals surface area contributed by atoms with Crippen molar-refractivity contribution in [1.29, 1.82) is 5.26 Å². The lowest BCUT2D eigenvalue weighted by Crippen LogP contribution is -2.61. The number of hydrogen-bond donors (Lipinski definition) is 2. The van der Waals surface area contributed by atoms with Crippen LogP contribution in [-0.2, 0) is 25.7 Å². The molecule has 0 radical (unpaired) electrons. The molecule has 51 heavy (non-hydrogen) atoms. The van der Waals surface area contributed by atoms with Crippen LogP contribution in [0.3, 0.4) is 0 Å². The van der Waals surface area contributed by atoms with Crippen molar-refractivity contribution in [3.05, 3.63) is 65.4 Å². The number of likely N-dealkylation sites (N-methyl/N-ethyl adjacent to an activating group) is 1. The van der Waals surface area contributed by atoms with E-state index >= 15 is 4.79 Å². The number of aromatic nitrogens is 1. The summed E-state index contributed by atoms with van der Waals surface area (Å²) in [7, 11) is 1.34. The van der Waals surface area contributed by atoms with Gasteiger partial charge in [-0.1, -0.05) is 39.0 Å². The fraction of sp³-hybridized carbons (Fsp3) is 0.487. The van der Waals surface area contributed by atoms with E-state index in [1.807, 2.05) is 51.2 Å². The number of pyridine rings is 1. The number of para-hydroxylation sites is 1. The number of anilines is 2. The molecule has 2 aliphatic heterocycles. The van der Waals surface area contributed by atoms with Gasteiger partial charge in [0.25, 0.3) is 5.91 Å². The van der Waals surface area contributed by atoms with Crippen molar-refractivity contribution in [3.63, 3.8) is 0 Å². The van der Waals surface area contributed by atoms with Crippen molar-refractivity contribution < 1.29 is 29.0 Å². The first-order chi connectivity index (χ1) is 24.3. The van der Waals surface area contributed by atoms with Crippen LogP contribution in [0.1, 0.15) is 82.4 Å². The number of amides is 4. The summed E-state index contributed by atoms with van der Waals surface area (Å²) < 4.78 is 5.56. The van der Waals surface area contributed by atoms with E-state index in [4.69, 9.17) is 9.72 Å². The Morgan fingerprint density at radius 1 is 1.10 bits per heavy atom. The van der Waals surface area contributed by atoms with Crippen LogP contribution in [-0.4, -0.2) is 77.2 Å². The van der Waals surface area contributed by atoms with Crippen molar-refractivity contribution in [2.75, 3.05) is 30.1 Å². The van der Waals surface area contributed by atoms with E-state index in [0.29, 0.717) is 48.9 Å². The molecule has 268 valence electrons. The number of benzene rings is 2. The molecule has 2 N–H and O–H groups in total. The molecule has 12 heteroatoms. The molecular formula is C39H46N6O6. The molecule has 1 aromatic heterocycles. The highest BCUT2D eigenvalue weighted by Crippen LogP contribution is 2.45. The molecule has 1 saturated carbocycles. The van der Waals surface area contributed by atoms with Gasteiger partial charge in [0.15, 0.2) is 0 Å². The zero-order valence-electron chi connectivity index (χ0n) is 29.9. The maximum atomic E-state index is 15.1. The Hall–Kier alpha value is -5.02. The van der Waals surface area contributed by atoms with Gasteiger partial charge >= 0.3 is 6.09 Å². The summed E-state index contributed by atoms with van der Waals surface area (Å²) in [5.41, 5.74) is 3.52. The van der Waals surface area contributed by atoms with Gasteiger partial charge in [-0.15, -0.1) is 0 Å². The van der Waals surface area contributed by atoms with Crippen LogP contribution >= 0.6 is 0 Å². The van der Waals surface area contributed by atoms with E-state index in [1.54, 1.807) is 34.9 Å². The second-order valence-electron chi connectivity index (χ2n) is 15.2.